The molecule has 0 saturated carbocycles. The Kier molecular flexibility index (Phi) is 2.53. The van der Waals surface area contributed by atoms with Gasteiger partial charge in [0.05, 0.1) is 6.20 Å². The molecule has 3 rings (SSSR count). The van der Waals surface area contributed by atoms with Gasteiger partial charge in [-0.25, -0.2) is 4.98 Å². The van der Waals surface area contributed by atoms with E-state index in [-0.39, 0.29) is 0 Å². The Bertz CT molecular complexity index is 707. The number of nitrogens with zero attached hydrogens (tertiary/aromatic N) is 5. The van der Waals surface area contributed by atoms with Crippen LogP contribution in [0, 0.1) is 18.3 Å². The highest BCUT2D eigenvalue weighted by atomic mass is 15.4. The third-order valence-corrected chi connectivity index (χ3v) is 3.67. The van der Waals surface area contributed by atoms with Crippen molar-refractivity contribution in [2.24, 2.45) is 0 Å². The summed E-state index contributed by atoms with van der Waals surface area (Å²) in [4.78, 5) is 6.79. The summed E-state index contributed by atoms with van der Waals surface area (Å²) in [6.07, 6.45) is 4.43. The van der Waals surface area contributed by atoms with Gasteiger partial charge in [0.1, 0.15) is 17.5 Å². The van der Waals surface area contributed by atoms with E-state index >= 15 is 0 Å². The van der Waals surface area contributed by atoms with Gasteiger partial charge in [-0.15, -0.1) is 6.58 Å². The van der Waals surface area contributed by atoms with Crippen molar-refractivity contribution in [1.29, 1.82) is 5.26 Å². The van der Waals surface area contributed by atoms with E-state index in [2.05, 4.69) is 34.6 Å². The number of hydrogen-bond acceptors (Lipinski definition) is 4. The van der Waals surface area contributed by atoms with Gasteiger partial charge in [0.15, 0.2) is 5.65 Å². The van der Waals surface area contributed by atoms with Crippen molar-refractivity contribution in [3.8, 4) is 6.07 Å². The normalized spacial score (nSPS) is 17.5. The molecule has 1 aliphatic heterocycles. The predicted molar refractivity (Wildman–Crippen MR) is 73.1 cm³/mol. The first-order chi connectivity index (χ1) is 9.17. The maximum atomic E-state index is 9.11. The molecule has 0 spiro atoms. The van der Waals surface area contributed by atoms with Crippen molar-refractivity contribution in [2.45, 2.75) is 26.3 Å². The van der Waals surface area contributed by atoms with Crippen LogP contribution in [0.25, 0.3) is 5.65 Å². The number of anilines is 1. The van der Waals surface area contributed by atoms with Crippen LogP contribution in [0.2, 0.25) is 0 Å². The van der Waals surface area contributed by atoms with Crippen LogP contribution in [-0.2, 0) is 6.42 Å². The molecule has 0 saturated heterocycles. The Hall–Kier alpha value is -2.35. The van der Waals surface area contributed by atoms with E-state index in [0.717, 1.165) is 24.5 Å². The topological polar surface area (TPSA) is 57.2 Å². The van der Waals surface area contributed by atoms with Crippen molar-refractivity contribution in [2.75, 3.05) is 11.4 Å². The highest BCUT2D eigenvalue weighted by Gasteiger charge is 2.30. The Morgan fingerprint density at radius 3 is 3.11 bits per heavy atom. The van der Waals surface area contributed by atoms with Crippen LogP contribution in [-0.4, -0.2) is 27.2 Å². The van der Waals surface area contributed by atoms with Gasteiger partial charge in [0.2, 0.25) is 0 Å². The van der Waals surface area contributed by atoms with Crippen molar-refractivity contribution in [3.63, 3.8) is 0 Å². The van der Waals surface area contributed by atoms with E-state index in [1.54, 1.807) is 10.7 Å². The zero-order valence-electron chi connectivity index (χ0n) is 11.1. The summed E-state index contributed by atoms with van der Waals surface area (Å²) in [6.45, 7) is 8.77. The molecule has 0 N–H and O–H groups in total. The summed E-state index contributed by atoms with van der Waals surface area (Å²) in [7, 11) is 0. The average Bonchev–Trinajstić information content (AvgIpc) is 2.92. The molecule has 2 aromatic heterocycles. The van der Waals surface area contributed by atoms with Crippen molar-refractivity contribution < 1.29 is 0 Å². The van der Waals surface area contributed by atoms with E-state index in [1.807, 2.05) is 13.0 Å². The molecule has 0 bridgehead atoms. The van der Waals surface area contributed by atoms with E-state index in [1.165, 1.54) is 5.56 Å². The van der Waals surface area contributed by atoms with E-state index in [9.17, 15) is 0 Å². The standard InChI is InChI=1S/C14H15N5/c1-4-5-18-9(2)6-12-10(3)17-13-11(7-15)8-16-19(13)14(12)18/h4,8-9H,1,5-6H2,2-3H3. The minimum absolute atomic E-state index is 0.397. The minimum atomic E-state index is 0.397. The molecule has 96 valence electrons. The fraction of sp³-hybridized carbons (Fsp3) is 0.357. The van der Waals surface area contributed by atoms with Crippen molar-refractivity contribution >= 4 is 11.5 Å². The number of rotatable bonds is 2. The summed E-state index contributed by atoms with van der Waals surface area (Å²) in [6, 6.07) is 2.54. The number of fused-ring (bicyclic) bond motifs is 3. The molecule has 5 heteroatoms. The molecule has 3 heterocycles. The lowest BCUT2D eigenvalue weighted by Crippen LogP contribution is -2.30. The van der Waals surface area contributed by atoms with Gasteiger partial charge < -0.3 is 4.90 Å². The maximum absolute atomic E-state index is 9.11. The first kappa shape index (κ1) is 11.7. The third kappa shape index (κ3) is 1.53. The van der Waals surface area contributed by atoms with Gasteiger partial charge in [-0.1, -0.05) is 6.08 Å². The molecule has 0 radical (unpaired) electrons. The lowest BCUT2D eigenvalue weighted by atomic mass is 10.1. The molecule has 0 amide bonds. The quantitative estimate of drug-likeness (QED) is 0.766. The minimum Gasteiger partial charge on any atom is -0.349 e. The number of aryl methyl sites for hydroxylation is 1. The first-order valence-electron chi connectivity index (χ1n) is 6.32. The molecule has 0 aliphatic carbocycles. The maximum Gasteiger partial charge on any atom is 0.175 e. The predicted octanol–water partition coefficient (Wildman–Crippen LogP) is 1.85. The van der Waals surface area contributed by atoms with Crippen LogP contribution in [0.15, 0.2) is 18.9 Å². The second kappa shape index (κ2) is 4.09. The Labute approximate surface area is 111 Å². The average molecular weight is 253 g/mol. The Morgan fingerprint density at radius 1 is 1.63 bits per heavy atom. The second-order valence-corrected chi connectivity index (χ2v) is 4.90. The number of aromatic nitrogens is 3. The Morgan fingerprint density at radius 2 is 2.42 bits per heavy atom. The summed E-state index contributed by atoms with van der Waals surface area (Å²) < 4.78 is 1.79. The van der Waals surface area contributed by atoms with Crippen LogP contribution in [0.1, 0.15) is 23.7 Å². The lowest BCUT2D eigenvalue weighted by molar-refractivity contribution is 0.695. The summed E-state index contributed by atoms with van der Waals surface area (Å²) in [5.41, 5.74) is 3.36. The summed E-state index contributed by atoms with van der Waals surface area (Å²) in [5.74, 6) is 1.05. The second-order valence-electron chi connectivity index (χ2n) is 4.90. The fourth-order valence-corrected chi connectivity index (χ4v) is 2.75. The molecule has 1 aliphatic rings. The van der Waals surface area contributed by atoms with Crippen LogP contribution >= 0.6 is 0 Å². The van der Waals surface area contributed by atoms with Crippen LogP contribution < -0.4 is 4.90 Å². The van der Waals surface area contributed by atoms with Gasteiger partial charge in [-0.2, -0.15) is 14.9 Å². The monoisotopic (exact) mass is 253 g/mol. The van der Waals surface area contributed by atoms with Crippen LogP contribution in [0.3, 0.4) is 0 Å². The van der Waals surface area contributed by atoms with Gasteiger partial charge in [-0.3, -0.25) is 0 Å². The van der Waals surface area contributed by atoms with Crippen molar-refractivity contribution in [3.05, 3.63) is 35.7 Å². The summed E-state index contributed by atoms with van der Waals surface area (Å²) >= 11 is 0. The third-order valence-electron chi connectivity index (χ3n) is 3.67. The first-order valence-corrected chi connectivity index (χ1v) is 6.32. The van der Waals surface area contributed by atoms with E-state index in [0.29, 0.717) is 17.3 Å². The van der Waals surface area contributed by atoms with Crippen molar-refractivity contribution in [1.82, 2.24) is 14.6 Å². The van der Waals surface area contributed by atoms with E-state index < -0.39 is 0 Å². The lowest BCUT2D eigenvalue weighted by Gasteiger charge is -2.23. The zero-order valence-corrected chi connectivity index (χ0v) is 11.1. The number of nitriles is 1. The van der Waals surface area contributed by atoms with Gasteiger partial charge >= 0.3 is 0 Å². The molecule has 2 aromatic rings. The fourth-order valence-electron chi connectivity index (χ4n) is 2.75. The van der Waals surface area contributed by atoms with E-state index in [4.69, 9.17) is 5.26 Å². The van der Waals surface area contributed by atoms with Gasteiger partial charge in [-0.05, 0) is 20.3 Å². The molecule has 0 aromatic carbocycles. The van der Waals surface area contributed by atoms with Gasteiger partial charge in [0.25, 0.3) is 0 Å². The smallest absolute Gasteiger partial charge is 0.175 e. The molecular weight excluding hydrogens is 238 g/mol. The molecular formula is C14H15N5. The molecule has 19 heavy (non-hydrogen) atoms. The molecule has 5 nitrogen and oxygen atoms in total. The van der Waals surface area contributed by atoms with Crippen LogP contribution in [0.4, 0.5) is 5.82 Å². The van der Waals surface area contributed by atoms with Crippen LogP contribution in [0.5, 0.6) is 0 Å². The highest BCUT2D eigenvalue weighted by Crippen LogP contribution is 2.34. The summed E-state index contributed by atoms with van der Waals surface area (Å²) in [5, 5.41) is 13.4. The number of hydrogen-bond donors (Lipinski definition) is 0. The molecule has 1 atom stereocenters. The SMILES string of the molecule is C=CCN1c2c(c(C)nc3c(C#N)cnn23)CC1C. The molecule has 1 unspecified atom stereocenters. The largest absolute Gasteiger partial charge is 0.349 e. The Balaban J connectivity index is 2.32. The van der Waals surface area contributed by atoms with Gasteiger partial charge in [0, 0.05) is 23.8 Å². The highest BCUT2D eigenvalue weighted by molar-refractivity contribution is 5.65. The molecule has 0 fully saturated rings. The zero-order chi connectivity index (χ0) is 13.6.